The smallest absolute Gasteiger partial charge is 0.308 e. The van der Waals surface area contributed by atoms with Crippen molar-refractivity contribution < 1.29 is 14.3 Å². The number of ether oxygens (including phenoxy) is 2. The number of pyridine rings is 1. The number of nitrogens with zero attached hydrogens (tertiary/aromatic N) is 2. The van der Waals surface area contributed by atoms with E-state index in [-0.39, 0.29) is 12.1 Å². The van der Waals surface area contributed by atoms with Crippen molar-refractivity contribution in [2.75, 3.05) is 31.7 Å². The molecule has 1 aromatic heterocycles. The van der Waals surface area contributed by atoms with E-state index in [9.17, 15) is 4.79 Å². The van der Waals surface area contributed by atoms with Crippen LogP contribution in [0.15, 0.2) is 18.3 Å². The Hall–Kier alpha value is -1.62. The summed E-state index contributed by atoms with van der Waals surface area (Å²) in [5, 5.41) is 0. The molecule has 0 bridgehead atoms. The predicted molar refractivity (Wildman–Crippen MR) is 67.6 cm³/mol. The van der Waals surface area contributed by atoms with Crippen LogP contribution in [0.2, 0.25) is 0 Å². The molecule has 1 aromatic rings. The SMILES string of the molecule is COC(=O)CC1CN(c2ccc(C)cn2)CCO1. The third-order valence-corrected chi connectivity index (χ3v) is 2.98. The van der Waals surface area contributed by atoms with Crippen molar-refractivity contribution in [3.8, 4) is 0 Å². The highest BCUT2D eigenvalue weighted by atomic mass is 16.5. The van der Waals surface area contributed by atoms with E-state index in [1.54, 1.807) is 0 Å². The number of hydrogen-bond acceptors (Lipinski definition) is 5. The van der Waals surface area contributed by atoms with Crippen LogP contribution in [-0.2, 0) is 14.3 Å². The van der Waals surface area contributed by atoms with Crippen molar-refractivity contribution in [1.29, 1.82) is 0 Å². The first kappa shape index (κ1) is 12.8. The highest BCUT2D eigenvalue weighted by Crippen LogP contribution is 2.17. The highest BCUT2D eigenvalue weighted by molar-refractivity contribution is 5.69. The Morgan fingerprint density at radius 2 is 2.44 bits per heavy atom. The highest BCUT2D eigenvalue weighted by Gasteiger charge is 2.23. The van der Waals surface area contributed by atoms with Gasteiger partial charge in [0.1, 0.15) is 5.82 Å². The zero-order valence-corrected chi connectivity index (χ0v) is 10.8. The third kappa shape index (κ3) is 3.20. The van der Waals surface area contributed by atoms with Gasteiger partial charge in [0.15, 0.2) is 0 Å². The summed E-state index contributed by atoms with van der Waals surface area (Å²) in [6.07, 6.45) is 2.02. The average Bonchev–Trinajstić information content (AvgIpc) is 2.40. The standard InChI is InChI=1S/C13H18N2O3/c1-10-3-4-12(14-8-10)15-5-6-18-11(9-15)7-13(16)17-2/h3-4,8,11H,5-7,9H2,1-2H3. The van der Waals surface area contributed by atoms with Crippen LogP contribution in [0.1, 0.15) is 12.0 Å². The van der Waals surface area contributed by atoms with E-state index in [0.717, 1.165) is 17.9 Å². The molecular formula is C13H18N2O3. The molecule has 1 saturated heterocycles. The summed E-state index contributed by atoms with van der Waals surface area (Å²) < 4.78 is 10.2. The summed E-state index contributed by atoms with van der Waals surface area (Å²) in [6, 6.07) is 4.03. The Bertz CT molecular complexity index is 405. The average molecular weight is 250 g/mol. The lowest BCUT2D eigenvalue weighted by atomic mass is 10.2. The largest absolute Gasteiger partial charge is 0.469 e. The molecule has 5 heteroatoms. The van der Waals surface area contributed by atoms with Crippen LogP contribution in [0.3, 0.4) is 0 Å². The number of aryl methyl sites for hydroxylation is 1. The van der Waals surface area contributed by atoms with Crippen LogP contribution in [0.25, 0.3) is 0 Å². The van der Waals surface area contributed by atoms with E-state index in [1.807, 2.05) is 25.3 Å². The fraction of sp³-hybridized carbons (Fsp3) is 0.538. The van der Waals surface area contributed by atoms with Gasteiger partial charge in [0.2, 0.25) is 0 Å². The van der Waals surface area contributed by atoms with E-state index >= 15 is 0 Å². The van der Waals surface area contributed by atoms with Gasteiger partial charge in [-0.2, -0.15) is 0 Å². The Labute approximate surface area is 107 Å². The summed E-state index contributed by atoms with van der Waals surface area (Å²) in [7, 11) is 1.39. The molecule has 0 saturated carbocycles. The summed E-state index contributed by atoms with van der Waals surface area (Å²) in [6.45, 7) is 4.09. The van der Waals surface area contributed by atoms with Gasteiger partial charge in [0.05, 0.1) is 26.2 Å². The van der Waals surface area contributed by atoms with Gasteiger partial charge >= 0.3 is 5.97 Å². The molecule has 0 spiro atoms. The van der Waals surface area contributed by atoms with Gasteiger partial charge in [-0.1, -0.05) is 6.07 Å². The van der Waals surface area contributed by atoms with Crippen LogP contribution in [0.4, 0.5) is 5.82 Å². The fourth-order valence-corrected chi connectivity index (χ4v) is 1.97. The number of esters is 1. The maximum Gasteiger partial charge on any atom is 0.308 e. The number of anilines is 1. The molecule has 2 rings (SSSR count). The van der Waals surface area contributed by atoms with Crippen LogP contribution >= 0.6 is 0 Å². The minimum atomic E-state index is -0.237. The van der Waals surface area contributed by atoms with E-state index in [4.69, 9.17) is 4.74 Å². The molecule has 0 amide bonds. The summed E-state index contributed by atoms with van der Waals surface area (Å²) in [5.41, 5.74) is 1.14. The molecule has 1 atom stereocenters. The first-order chi connectivity index (χ1) is 8.69. The molecule has 1 fully saturated rings. The summed E-state index contributed by atoms with van der Waals surface area (Å²) in [5.74, 6) is 0.692. The van der Waals surface area contributed by atoms with Crippen LogP contribution in [0, 0.1) is 6.92 Å². The fourth-order valence-electron chi connectivity index (χ4n) is 1.97. The van der Waals surface area contributed by atoms with Gasteiger partial charge in [-0.05, 0) is 18.6 Å². The van der Waals surface area contributed by atoms with E-state index in [0.29, 0.717) is 19.6 Å². The maximum atomic E-state index is 11.2. The molecule has 5 nitrogen and oxygen atoms in total. The lowest BCUT2D eigenvalue weighted by molar-refractivity contribution is -0.144. The number of hydrogen-bond donors (Lipinski definition) is 0. The van der Waals surface area contributed by atoms with Crippen molar-refractivity contribution in [3.63, 3.8) is 0 Å². The van der Waals surface area contributed by atoms with Crippen LogP contribution in [0.5, 0.6) is 0 Å². The monoisotopic (exact) mass is 250 g/mol. The number of aromatic nitrogens is 1. The molecule has 18 heavy (non-hydrogen) atoms. The molecule has 2 heterocycles. The Morgan fingerprint density at radius 1 is 1.61 bits per heavy atom. The van der Waals surface area contributed by atoms with E-state index < -0.39 is 0 Å². The molecule has 1 aliphatic rings. The molecule has 0 aliphatic carbocycles. The number of carbonyl (C=O) groups is 1. The van der Waals surface area contributed by atoms with Crippen molar-refractivity contribution in [2.45, 2.75) is 19.4 Å². The summed E-state index contributed by atoms with van der Waals surface area (Å²) in [4.78, 5) is 17.8. The second kappa shape index (κ2) is 5.82. The quantitative estimate of drug-likeness (QED) is 0.753. The third-order valence-electron chi connectivity index (χ3n) is 2.98. The number of carbonyl (C=O) groups excluding carboxylic acids is 1. The lowest BCUT2D eigenvalue weighted by Crippen LogP contribution is -2.43. The van der Waals surface area contributed by atoms with E-state index in [1.165, 1.54) is 7.11 Å². The van der Waals surface area contributed by atoms with Crippen LogP contribution in [-0.4, -0.2) is 43.9 Å². The second-order valence-electron chi connectivity index (χ2n) is 4.41. The van der Waals surface area contributed by atoms with Gasteiger partial charge < -0.3 is 14.4 Å². The lowest BCUT2D eigenvalue weighted by Gasteiger charge is -2.33. The van der Waals surface area contributed by atoms with Gasteiger partial charge in [0.25, 0.3) is 0 Å². The second-order valence-corrected chi connectivity index (χ2v) is 4.41. The zero-order valence-electron chi connectivity index (χ0n) is 10.8. The molecule has 0 radical (unpaired) electrons. The Balaban J connectivity index is 1.98. The van der Waals surface area contributed by atoms with Gasteiger partial charge in [-0.3, -0.25) is 4.79 Å². The molecule has 1 aliphatic heterocycles. The van der Waals surface area contributed by atoms with Crippen molar-refractivity contribution >= 4 is 11.8 Å². The molecule has 0 N–H and O–H groups in total. The van der Waals surface area contributed by atoms with Crippen LogP contribution < -0.4 is 4.90 Å². The molecular weight excluding hydrogens is 232 g/mol. The van der Waals surface area contributed by atoms with Crippen molar-refractivity contribution in [1.82, 2.24) is 4.98 Å². The summed E-state index contributed by atoms with van der Waals surface area (Å²) >= 11 is 0. The first-order valence-corrected chi connectivity index (χ1v) is 6.05. The van der Waals surface area contributed by atoms with Gasteiger partial charge in [-0.15, -0.1) is 0 Å². The van der Waals surface area contributed by atoms with Crippen molar-refractivity contribution in [3.05, 3.63) is 23.9 Å². The molecule has 0 aromatic carbocycles. The first-order valence-electron chi connectivity index (χ1n) is 6.05. The van der Waals surface area contributed by atoms with Gasteiger partial charge in [-0.25, -0.2) is 4.98 Å². The Morgan fingerprint density at radius 3 is 3.11 bits per heavy atom. The maximum absolute atomic E-state index is 11.2. The minimum absolute atomic E-state index is 0.116. The van der Waals surface area contributed by atoms with E-state index in [2.05, 4.69) is 14.6 Å². The topological polar surface area (TPSA) is 51.7 Å². The van der Waals surface area contributed by atoms with Crippen molar-refractivity contribution in [2.24, 2.45) is 0 Å². The Kier molecular flexibility index (Phi) is 4.15. The normalized spacial score (nSPS) is 19.7. The molecule has 1 unspecified atom stereocenters. The number of methoxy groups -OCH3 is 1. The predicted octanol–water partition coefficient (Wildman–Crippen LogP) is 1.16. The molecule has 98 valence electrons. The number of morpholine rings is 1. The number of rotatable bonds is 3. The zero-order chi connectivity index (χ0) is 13.0. The van der Waals surface area contributed by atoms with Gasteiger partial charge in [0, 0.05) is 19.3 Å². The minimum Gasteiger partial charge on any atom is -0.469 e.